The van der Waals surface area contributed by atoms with Crippen LogP contribution in [0.4, 0.5) is 0 Å². The zero-order chi connectivity index (χ0) is 26.5. The molecule has 208 valence electrons. The molecule has 2 saturated carbocycles. The standard InChI is InChI=1S/C26H44O10/c1-24(12-29)8-15(30)9-25(2)16-5-6-26(19(31)11-28,7-14(16)3-4-18(24)25)13-35-23-22(34)21(33)20(32)17(10-27)36-23/h7,15-23,27-34H,3-6,8-13H2,1-2H3/t15-,16+,17-,18+,19+,20+,21-,22-,23-,24-,25-,26+/m1/s1. The van der Waals surface area contributed by atoms with Gasteiger partial charge in [-0.3, -0.25) is 0 Å². The van der Waals surface area contributed by atoms with Crippen LogP contribution in [-0.4, -0.2) is 110 Å². The summed E-state index contributed by atoms with van der Waals surface area (Å²) in [6.07, 6.45) is -2.66. The Morgan fingerprint density at radius 3 is 2.39 bits per heavy atom. The molecule has 4 aliphatic rings. The molecule has 0 aromatic rings. The number of aliphatic hydroxyl groups is 8. The molecule has 0 spiro atoms. The molecule has 0 aromatic carbocycles. The number of hydrogen-bond donors (Lipinski definition) is 8. The van der Waals surface area contributed by atoms with Crippen molar-refractivity contribution in [3.05, 3.63) is 11.6 Å². The van der Waals surface area contributed by atoms with Gasteiger partial charge >= 0.3 is 0 Å². The van der Waals surface area contributed by atoms with Crippen LogP contribution in [0.5, 0.6) is 0 Å². The van der Waals surface area contributed by atoms with Gasteiger partial charge in [0.1, 0.15) is 24.4 Å². The molecular formula is C26H44O10. The Balaban J connectivity index is 1.58. The van der Waals surface area contributed by atoms with E-state index in [0.717, 1.165) is 18.4 Å². The summed E-state index contributed by atoms with van der Waals surface area (Å²) in [5.41, 5.74) is -0.396. The number of ether oxygens (including phenoxy) is 2. The van der Waals surface area contributed by atoms with Gasteiger partial charge in [0.05, 0.1) is 32.0 Å². The van der Waals surface area contributed by atoms with Gasteiger partial charge in [0.2, 0.25) is 0 Å². The molecule has 1 aliphatic heterocycles. The van der Waals surface area contributed by atoms with Crippen LogP contribution in [0.15, 0.2) is 11.6 Å². The van der Waals surface area contributed by atoms with Crippen LogP contribution >= 0.6 is 0 Å². The number of rotatable bonds is 7. The average molecular weight is 517 g/mol. The maximum atomic E-state index is 10.9. The van der Waals surface area contributed by atoms with E-state index in [1.807, 2.05) is 6.08 Å². The maximum absolute atomic E-state index is 10.9. The molecule has 0 amide bonds. The second kappa shape index (κ2) is 10.5. The summed E-state index contributed by atoms with van der Waals surface area (Å²) >= 11 is 0. The summed E-state index contributed by atoms with van der Waals surface area (Å²) in [5.74, 6) is 0.407. The van der Waals surface area contributed by atoms with Gasteiger partial charge in [0, 0.05) is 12.0 Å². The molecule has 0 unspecified atom stereocenters. The molecule has 36 heavy (non-hydrogen) atoms. The molecule has 0 bridgehead atoms. The van der Waals surface area contributed by atoms with E-state index < -0.39 is 61.5 Å². The SMILES string of the molecule is C[C@]1(CO)C[C@@H](O)C[C@]2(C)[C@H]3CC[C@](CO[C@@H]4O[C@H](CO)[C@H](O)[C@@H](O)[C@H]4O)([C@@H](O)CO)C=C3CC[C@@H]12. The lowest BCUT2D eigenvalue weighted by Gasteiger charge is -2.61. The minimum Gasteiger partial charge on any atom is -0.396 e. The van der Waals surface area contributed by atoms with Gasteiger partial charge < -0.3 is 50.3 Å². The first-order valence-electron chi connectivity index (χ1n) is 13.2. The van der Waals surface area contributed by atoms with Crippen molar-refractivity contribution in [3.63, 3.8) is 0 Å². The van der Waals surface area contributed by atoms with Crippen LogP contribution in [-0.2, 0) is 9.47 Å². The quantitative estimate of drug-likeness (QED) is 0.197. The van der Waals surface area contributed by atoms with Gasteiger partial charge in [-0.1, -0.05) is 25.5 Å². The number of hydrogen-bond acceptors (Lipinski definition) is 10. The first-order valence-corrected chi connectivity index (χ1v) is 13.2. The first kappa shape index (κ1) is 28.4. The molecule has 3 fully saturated rings. The predicted molar refractivity (Wildman–Crippen MR) is 127 cm³/mol. The van der Waals surface area contributed by atoms with Crippen molar-refractivity contribution in [2.45, 2.75) is 95.3 Å². The lowest BCUT2D eigenvalue weighted by molar-refractivity contribution is -0.307. The molecule has 12 atom stereocenters. The second-order valence-corrected chi connectivity index (χ2v) is 12.2. The third-order valence-corrected chi connectivity index (χ3v) is 9.91. The Hall–Kier alpha value is -0.660. The fourth-order valence-electron chi connectivity index (χ4n) is 7.98. The smallest absolute Gasteiger partial charge is 0.186 e. The summed E-state index contributed by atoms with van der Waals surface area (Å²) in [6, 6.07) is 0. The summed E-state index contributed by atoms with van der Waals surface area (Å²) in [6.45, 7) is 3.11. The van der Waals surface area contributed by atoms with E-state index >= 15 is 0 Å². The summed E-state index contributed by atoms with van der Waals surface area (Å²) < 4.78 is 11.3. The van der Waals surface area contributed by atoms with Crippen molar-refractivity contribution in [1.82, 2.24) is 0 Å². The third-order valence-electron chi connectivity index (χ3n) is 9.91. The lowest BCUT2D eigenvalue weighted by Crippen LogP contribution is -2.60. The molecule has 3 aliphatic carbocycles. The molecule has 4 rings (SSSR count). The van der Waals surface area contributed by atoms with Crippen LogP contribution in [0.3, 0.4) is 0 Å². The third kappa shape index (κ3) is 4.68. The normalized spacial score (nSPS) is 50.1. The predicted octanol–water partition coefficient (Wildman–Crippen LogP) is -0.951. The molecule has 10 heteroatoms. The van der Waals surface area contributed by atoms with E-state index in [-0.39, 0.29) is 35.9 Å². The Morgan fingerprint density at radius 2 is 1.75 bits per heavy atom. The molecule has 0 aromatic heterocycles. The van der Waals surface area contributed by atoms with Gasteiger partial charge in [-0.15, -0.1) is 0 Å². The zero-order valence-corrected chi connectivity index (χ0v) is 21.2. The van der Waals surface area contributed by atoms with E-state index in [0.29, 0.717) is 25.7 Å². The highest BCUT2D eigenvalue weighted by atomic mass is 16.7. The van der Waals surface area contributed by atoms with Crippen molar-refractivity contribution < 1.29 is 50.3 Å². The van der Waals surface area contributed by atoms with Crippen molar-refractivity contribution in [1.29, 1.82) is 0 Å². The van der Waals surface area contributed by atoms with Crippen molar-refractivity contribution in [2.24, 2.45) is 28.1 Å². The number of aliphatic hydroxyl groups excluding tert-OH is 8. The van der Waals surface area contributed by atoms with Gasteiger partial charge in [0.15, 0.2) is 6.29 Å². The van der Waals surface area contributed by atoms with Crippen LogP contribution < -0.4 is 0 Å². The highest BCUT2D eigenvalue weighted by Crippen LogP contribution is 2.64. The molecule has 10 nitrogen and oxygen atoms in total. The molecule has 8 N–H and O–H groups in total. The van der Waals surface area contributed by atoms with Gasteiger partial charge in [-0.25, -0.2) is 0 Å². The topological polar surface area (TPSA) is 180 Å². The van der Waals surface area contributed by atoms with Gasteiger partial charge in [0.25, 0.3) is 0 Å². The van der Waals surface area contributed by atoms with E-state index in [4.69, 9.17) is 9.47 Å². The monoisotopic (exact) mass is 516 g/mol. The summed E-state index contributed by atoms with van der Waals surface area (Å²) in [7, 11) is 0. The fourth-order valence-corrected chi connectivity index (χ4v) is 7.98. The Kier molecular flexibility index (Phi) is 8.26. The number of allylic oxidation sites excluding steroid dienone is 1. The van der Waals surface area contributed by atoms with E-state index in [1.54, 1.807) is 0 Å². The highest BCUT2D eigenvalue weighted by Gasteiger charge is 2.58. The van der Waals surface area contributed by atoms with E-state index in [2.05, 4.69) is 13.8 Å². The summed E-state index contributed by atoms with van der Waals surface area (Å²) in [4.78, 5) is 0. The highest BCUT2D eigenvalue weighted by molar-refractivity contribution is 5.26. The van der Waals surface area contributed by atoms with Crippen molar-refractivity contribution in [3.8, 4) is 0 Å². The first-order chi connectivity index (χ1) is 16.9. The Bertz CT molecular complexity index is 806. The Labute approximate surface area is 212 Å². The molecule has 1 heterocycles. The van der Waals surface area contributed by atoms with Crippen molar-refractivity contribution >= 4 is 0 Å². The summed E-state index contributed by atoms with van der Waals surface area (Å²) in [5, 5.41) is 81.6. The van der Waals surface area contributed by atoms with Crippen LogP contribution in [0.25, 0.3) is 0 Å². The van der Waals surface area contributed by atoms with Crippen LogP contribution in [0.1, 0.15) is 52.4 Å². The fraction of sp³-hybridized carbons (Fsp3) is 0.923. The molecular weight excluding hydrogens is 472 g/mol. The average Bonchev–Trinajstić information content (AvgIpc) is 2.85. The molecule has 0 radical (unpaired) electrons. The minimum absolute atomic E-state index is 0.0240. The largest absolute Gasteiger partial charge is 0.396 e. The zero-order valence-electron chi connectivity index (χ0n) is 21.2. The van der Waals surface area contributed by atoms with E-state index in [9.17, 15) is 40.9 Å². The van der Waals surface area contributed by atoms with Crippen LogP contribution in [0, 0.1) is 28.1 Å². The van der Waals surface area contributed by atoms with Gasteiger partial charge in [-0.05, 0) is 61.2 Å². The van der Waals surface area contributed by atoms with Gasteiger partial charge in [-0.2, -0.15) is 0 Å². The Morgan fingerprint density at radius 1 is 1.03 bits per heavy atom. The van der Waals surface area contributed by atoms with E-state index in [1.165, 1.54) is 0 Å². The van der Waals surface area contributed by atoms with Crippen LogP contribution in [0.2, 0.25) is 0 Å². The maximum Gasteiger partial charge on any atom is 0.186 e. The van der Waals surface area contributed by atoms with Crippen molar-refractivity contribution in [2.75, 3.05) is 26.4 Å². The lowest BCUT2D eigenvalue weighted by atomic mass is 9.44. The minimum atomic E-state index is -1.57. The second-order valence-electron chi connectivity index (χ2n) is 12.2. The number of fused-ring (bicyclic) bond motifs is 3. The molecule has 1 saturated heterocycles.